The van der Waals surface area contributed by atoms with E-state index < -0.39 is 12.0 Å². The van der Waals surface area contributed by atoms with E-state index in [1.165, 1.54) is 0 Å². The highest BCUT2D eigenvalue weighted by Gasteiger charge is 2.17. The van der Waals surface area contributed by atoms with Crippen LogP contribution in [0.3, 0.4) is 0 Å². The fraction of sp³-hybridized carbons (Fsp3) is 0.111. The van der Waals surface area contributed by atoms with Crippen molar-refractivity contribution >= 4 is 52.2 Å². The first-order valence-electron chi connectivity index (χ1n) is 7.93. The topological polar surface area (TPSA) is 87.1 Å². The number of rotatable bonds is 6. The first-order chi connectivity index (χ1) is 13.0. The Labute approximate surface area is 170 Å². The van der Waals surface area contributed by atoms with Gasteiger partial charge in [0.2, 0.25) is 5.95 Å². The maximum Gasteiger partial charge on any atom is 0.305 e. The lowest BCUT2D eigenvalue weighted by atomic mass is 10.0. The van der Waals surface area contributed by atoms with Gasteiger partial charge in [-0.05, 0) is 47.4 Å². The van der Waals surface area contributed by atoms with Crippen LogP contribution in [0.4, 0.5) is 5.95 Å². The molecule has 0 aliphatic heterocycles. The van der Waals surface area contributed by atoms with Gasteiger partial charge in [-0.15, -0.1) is 11.3 Å². The fourth-order valence-corrected chi connectivity index (χ4v) is 3.45. The van der Waals surface area contributed by atoms with Gasteiger partial charge in [0, 0.05) is 11.2 Å². The Morgan fingerprint density at radius 1 is 1.26 bits per heavy atom. The van der Waals surface area contributed by atoms with E-state index in [0.29, 0.717) is 11.0 Å². The average molecular weight is 419 g/mol. The van der Waals surface area contributed by atoms with Crippen LogP contribution in [0, 0.1) is 0 Å². The second-order valence-corrected chi connectivity index (χ2v) is 7.34. The molecule has 3 rings (SSSR count). The molecule has 0 saturated heterocycles. The third kappa shape index (κ3) is 5.46. The van der Waals surface area contributed by atoms with Gasteiger partial charge in [0.25, 0.3) is 0 Å². The Bertz CT molecular complexity index is 933. The second kappa shape index (κ2) is 8.90. The van der Waals surface area contributed by atoms with Gasteiger partial charge in [0.1, 0.15) is 0 Å². The number of aliphatic carboxylic acids is 1. The fourth-order valence-electron chi connectivity index (χ4n) is 2.40. The molecule has 138 valence electrons. The minimum Gasteiger partial charge on any atom is -0.481 e. The normalized spacial score (nSPS) is 11.6. The third-order valence-electron chi connectivity index (χ3n) is 3.61. The number of thiocarbonyl (C=S) groups is 1. The number of halogens is 1. The molecule has 9 heteroatoms. The zero-order valence-electron chi connectivity index (χ0n) is 13.9. The van der Waals surface area contributed by atoms with Gasteiger partial charge < -0.3 is 15.7 Å². The molecule has 1 aromatic carbocycles. The van der Waals surface area contributed by atoms with Crippen LogP contribution < -0.4 is 10.6 Å². The van der Waals surface area contributed by atoms with E-state index in [1.807, 2.05) is 23.6 Å². The van der Waals surface area contributed by atoms with E-state index in [9.17, 15) is 9.90 Å². The summed E-state index contributed by atoms with van der Waals surface area (Å²) < 4.78 is 0. The van der Waals surface area contributed by atoms with Crippen molar-refractivity contribution in [3.63, 3.8) is 0 Å². The number of nitrogens with zero attached hydrogens (tertiary/aromatic N) is 2. The van der Waals surface area contributed by atoms with E-state index in [-0.39, 0.29) is 11.5 Å². The Morgan fingerprint density at radius 2 is 2.04 bits per heavy atom. The summed E-state index contributed by atoms with van der Waals surface area (Å²) in [6.45, 7) is 0. The molecule has 0 saturated carbocycles. The maximum atomic E-state index is 11.2. The van der Waals surface area contributed by atoms with Crippen molar-refractivity contribution in [2.24, 2.45) is 0 Å². The molecule has 6 nitrogen and oxygen atoms in total. The molecule has 2 heterocycles. The molecule has 0 aliphatic carbocycles. The van der Waals surface area contributed by atoms with E-state index in [0.717, 1.165) is 16.1 Å². The number of hydrogen-bond acceptors (Lipinski definition) is 5. The summed E-state index contributed by atoms with van der Waals surface area (Å²) >= 11 is 12.8. The minimum atomic E-state index is -0.943. The number of hydrogen-bond donors (Lipinski definition) is 3. The summed E-state index contributed by atoms with van der Waals surface area (Å²) in [5.41, 5.74) is 1.55. The largest absolute Gasteiger partial charge is 0.481 e. The highest BCUT2D eigenvalue weighted by molar-refractivity contribution is 7.80. The van der Waals surface area contributed by atoms with Crippen LogP contribution in [0.1, 0.15) is 18.0 Å². The molecule has 3 aromatic rings. The van der Waals surface area contributed by atoms with Crippen molar-refractivity contribution in [3.8, 4) is 10.6 Å². The molecule has 0 spiro atoms. The molecule has 1 atom stereocenters. The van der Waals surface area contributed by atoms with Gasteiger partial charge in [-0.2, -0.15) is 0 Å². The SMILES string of the molecule is O=C(O)C[C@H](NC(=S)Nc1nccc(-c2cccs2)n1)c1ccc(Cl)cc1. The lowest BCUT2D eigenvalue weighted by Gasteiger charge is -2.19. The lowest BCUT2D eigenvalue weighted by Crippen LogP contribution is -2.34. The first kappa shape index (κ1) is 19.2. The molecule has 0 radical (unpaired) electrons. The Balaban J connectivity index is 1.71. The third-order valence-corrected chi connectivity index (χ3v) is 4.98. The Kier molecular flexibility index (Phi) is 6.33. The van der Waals surface area contributed by atoms with E-state index >= 15 is 0 Å². The van der Waals surface area contributed by atoms with Crippen molar-refractivity contribution in [2.75, 3.05) is 5.32 Å². The number of carbonyl (C=O) groups is 1. The van der Waals surface area contributed by atoms with E-state index in [4.69, 9.17) is 23.8 Å². The summed E-state index contributed by atoms with van der Waals surface area (Å²) in [7, 11) is 0. The average Bonchev–Trinajstić information content (AvgIpc) is 3.16. The van der Waals surface area contributed by atoms with Crippen LogP contribution >= 0.6 is 35.2 Å². The van der Waals surface area contributed by atoms with Gasteiger partial charge in [0.15, 0.2) is 5.11 Å². The number of benzene rings is 1. The number of anilines is 1. The summed E-state index contributed by atoms with van der Waals surface area (Å²) in [5, 5.41) is 17.9. The molecule has 0 bridgehead atoms. The van der Waals surface area contributed by atoms with Crippen LogP contribution in [-0.2, 0) is 4.79 Å². The first-order valence-corrected chi connectivity index (χ1v) is 9.59. The van der Waals surface area contributed by atoms with Gasteiger partial charge in [-0.1, -0.05) is 29.8 Å². The van der Waals surface area contributed by atoms with Crippen molar-refractivity contribution in [1.29, 1.82) is 0 Å². The molecule has 3 N–H and O–H groups in total. The summed E-state index contributed by atoms with van der Waals surface area (Å²) in [6.07, 6.45) is 1.50. The monoisotopic (exact) mass is 418 g/mol. The molecular formula is C18H15ClN4O2S2. The molecule has 0 fully saturated rings. The summed E-state index contributed by atoms with van der Waals surface area (Å²) in [5.74, 6) is -0.607. The van der Waals surface area contributed by atoms with E-state index in [1.54, 1.807) is 41.8 Å². The summed E-state index contributed by atoms with van der Waals surface area (Å²) in [4.78, 5) is 20.8. The lowest BCUT2D eigenvalue weighted by molar-refractivity contribution is -0.137. The molecule has 27 heavy (non-hydrogen) atoms. The zero-order valence-corrected chi connectivity index (χ0v) is 16.3. The molecule has 2 aromatic heterocycles. The molecule has 0 unspecified atom stereocenters. The van der Waals surface area contributed by atoms with Crippen LogP contribution in [0.2, 0.25) is 5.02 Å². The van der Waals surface area contributed by atoms with Crippen molar-refractivity contribution in [3.05, 3.63) is 64.6 Å². The van der Waals surface area contributed by atoms with Gasteiger partial charge in [-0.25, -0.2) is 9.97 Å². The standard InChI is InChI=1S/C18H15ClN4O2S2/c19-12-5-3-11(4-6-12)14(10-16(24)25)22-18(26)23-17-20-8-7-13(21-17)15-2-1-9-27-15/h1-9,14H,10H2,(H,24,25)(H2,20,21,22,23,26)/t14-/m0/s1. The summed E-state index contributed by atoms with van der Waals surface area (Å²) in [6, 6.07) is 12.2. The quantitative estimate of drug-likeness (QED) is 0.512. The van der Waals surface area contributed by atoms with Crippen LogP contribution in [0.15, 0.2) is 54.0 Å². The van der Waals surface area contributed by atoms with Gasteiger partial charge in [-0.3, -0.25) is 4.79 Å². The van der Waals surface area contributed by atoms with Crippen molar-refractivity contribution < 1.29 is 9.90 Å². The smallest absolute Gasteiger partial charge is 0.305 e. The second-order valence-electron chi connectivity index (χ2n) is 5.54. The molecule has 0 amide bonds. The number of carboxylic acids is 1. The van der Waals surface area contributed by atoms with Crippen LogP contribution in [0.25, 0.3) is 10.6 Å². The maximum absolute atomic E-state index is 11.2. The molecule has 0 aliphatic rings. The minimum absolute atomic E-state index is 0.139. The molecular weight excluding hydrogens is 404 g/mol. The van der Waals surface area contributed by atoms with Gasteiger partial charge in [0.05, 0.1) is 23.0 Å². The van der Waals surface area contributed by atoms with Crippen LogP contribution in [0.5, 0.6) is 0 Å². The predicted octanol–water partition coefficient (Wildman–Crippen LogP) is 4.36. The number of carboxylic acid groups (broad SMARTS) is 1. The van der Waals surface area contributed by atoms with Crippen molar-refractivity contribution in [2.45, 2.75) is 12.5 Å². The number of aromatic nitrogens is 2. The number of nitrogens with one attached hydrogen (secondary N) is 2. The predicted molar refractivity (Wildman–Crippen MR) is 111 cm³/mol. The van der Waals surface area contributed by atoms with E-state index in [2.05, 4.69) is 20.6 Å². The zero-order chi connectivity index (χ0) is 19.2. The highest BCUT2D eigenvalue weighted by Crippen LogP contribution is 2.23. The number of thiophene rings is 1. The Morgan fingerprint density at radius 3 is 2.70 bits per heavy atom. The van der Waals surface area contributed by atoms with Gasteiger partial charge >= 0.3 is 5.97 Å². The highest BCUT2D eigenvalue weighted by atomic mass is 35.5. The van der Waals surface area contributed by atoms with Crippen LogP contribution in [-0.4, -0.2) is 26.2 Å². The Hall–Kier alpha value is -2.55. The van der Waals surface area contributed by atoms with Crippen molar-refractivity contribution in [1.82, 2.24) is 15.3 Å².